The summed E-state index contributed by atoms with van der Waals surface area (Å²) in [6.45, 7) is 1.22. The van der Waals surface area contributed by atoms with Crippen molar-refractivity contribution in [2.45, 2.75) is 0 Å². The van der Waals surface area contributed by atoms with Gasteiger partial charge in [0.25, 0.3) is 0 Å². The molecule has 0 spiro atoms. The van der Waals surface area contributed by atoms with Crippen LogP contribution in [0, 0.1) is 5.82 Å². The van der Waals surface area contributed by atoms with E-state index in [0.717, 1.165) is 15.4 Å². The topological polar surface area (TPSA) is 86.0 Å². The monoisotopic (exact) mass is 319 g/mol. The standard InChI is InChI=1S/C14H14FN5OS/c1-21-7-6-17-14-20-12-11(22-14)10(18-13(16)19-12)8-2-4-9(15)5-3-8/h2-5H,6-7H2,1H3,(H3,16,17,18,19,20). The molecule has 0 aliphatic heterocycles. The molecule has 2 aromatic heterocycles. The Kier molecular flexibility index (Phi) is 4.12. The predicted molar refractivity (Wildman–Crippen MR) is 85.4 cm³/mol. The van der Waals surface area contributed by atoms with E-state index in [-0.39, 0.29) is 11.8 Å². The molecule has 2 heterocycles. The van der Waals surface area contributed by atoms with Crippen LogP contribution in [0.5, 0.6) is 0 Å². The van der Waals surface area contributed by atoms with Crippen LogP contribution in [0.25, 0.3) is 21.6 Å². The van der Waals surface area contributed by atoms with Gasteiger partial charge in [-0.1, -0.05) is 11.3 Å². The number of hydrogen-bond acceptors (Lipinski definition) is 7. The third kappa shape index (κ3) is 2.97. The molecule has 114 valence electrons. The average molecular weight is 319 g/mol. The number of aromatic nitrogens is 3. The molecule has 0 aliphatic carbocycles. The number of rotatable bonds is 5. The van der Waals surface area contributed by atoms with Crippen molar-refractivity contribution in [3.05, 3.63) is 30.1 Å². The molecule has 0 bridgehead atoms. The molecule has 22 heavy (non-hydrogen) atoms. The number of nitrogens with two attached hydrogens (primary N) is 1. The molecule has 0 saturated heterocycles. The summed E-state index contributed by atoms with van der Waals surface area (Å²) < 4.78 is 18.9. The van der Waals surface area contributed by atoms with Gasteiger partial charge in [-0.2, -0.15) is 9.97 Å². The minimum Gasteiger partial charge on any atom is -0.383 e. The first kappa shape index (κ1) is 14.6. The Bertz CT molecular complexity index is 790. The maximum absolute atomic E-state index is 13.1. The van der Waals surface area contributed by atoms with Crippen LogP contribution in [0.1, 0.15) is 0 Å². The second-order valence-corrected chi connectivity index (χ2v) is 5.53. The fourth-order valence-electron chi connectivity index (χ4n) is 1.98. The minimum absolute atomic E-state index is 0.139. The summed E-state index contributed by atoms with van der Waals surface area (Å²) in [7, 11) is 1.64. The van der Waals surface area contributed by atoms with Gasteiger partial charge in [0.05, 0.1) is 12.3 Å². The normalized spacial score (nSPS) is 11.0. The lowest BCUT2D eigenvalue weighted by Crippen LogP contribution is -2.06. The van der Waals surface area contributed by atoms with E-state index in [1.54, 1.807) is 19.2 Å². The van der Waals surface area contributed by atoms with E-state index in [4.69, 9.17) is 10.5 Å². The first-order valence-electron chi connectivity index (χ1n) is 6.60. The van der Waals surface area contributed by atoms with Gasteiger partial charge < -0.3 is 15.8 Å². The highest BCUT2D eigenvalue weighted by atomic mass is 32.1. The van der Waals surface area contributed by atoms with Crippen LogP contribution in [0.2, 0.25) is 0 Å². The number of hydrogen-bond donors (Lipinski definition) is 2. The summed E-state index contributed by atoms with van der Waals surface area (Å²) in [5, 5.41) is 3.87. The largest absolute Gasteiger partial charge is 0.383 e. The van der Waals surface area contributed by atoms with Gasteiger partial charge in [0.15, 0.2) is 10.8 Å². The van der Waals surface area contributed by atoms with Crippen molar-refractivity contribution < 1.29 is 9.13 Å². The molecule has 3 aromatic rings. The van der Waals surface area contributed by atoms with Crippen LogP contribution in [0.4, 0.5) is 15.5 Å². The second kappa shape index (κ2) is 6.20. The van der Waals surface area contributed by atoms with Crippen molar-refractivity contribution in [1.29, 1.82) is 0 Å². The lowest BCUT2D eigenvalue weighted by molar-refractivity contribution is 0.211. The van der Waals surface area contributed by atoms with Crippen LogP contribution in [-0.4, -0.2) is 35.2 Å². The smallest absolute Gasteiger partial charge is 0.222 e. The molecule has 0 atom stereocenters. The molecule has 0 radical (unpaired) electrons. The fraction of sp³-hybridized carbons (Fsp3) is 0.214. The van der Waals surface area contributed by atoms with E-state index < -0.39 is 0 Å². The van der Waals surface area contributed by atoms with E-state index in [2.05, 4.69) is 20.3 Å². The molecule has 3 rings (SSSR count). The van der Waals surface area contributed by atoms with Crippen LogP contribution in [-0.2, 0) is 4.74 Å². The SMILES string of the molecule is COCCNc1nc2nc(N)nc(-c3ccc(F)cc3)c2s1. The highest BCUT2D eigenvalue weighted by Gasteiger charge is 2.14. The number of fused-ring (bicyclic) bond motifs is 1. The van der Waals surface area contributed by atoms with Crippen LogP contribution >= 0.6 is 11.3 Å². The summed E-state index contributed by atoms with van der Waals surface area (Å²) >= 11 is 1.43. The van der Waals surface area contributed by atoms with Gasteiger partial charge in [0, 0.05) is 19.2 Å². The average Bonchev–Trinajstić information content (AvgIpc) is 2.90. The summed E-state index contributed by atoms with van der Waals surface area (Å²) in [6.07, 6.45) is 0. The molecule has 0 saturated carbocycles. The van der Waals surface area contributed by atoms with Gasteiger partial charge in [0.1, 0.15) is 10.5 Å². The quantitative estimate of drug-likeness (QED) is 0.703. The number of halogens is 1. The Balaban J connectivity index is 2.03. The van der Waals surface area contributed by atoms with E-state index in [0.29, 0.717) is 24.5 Å². The van der Waals surface area contributed by atoms with Crippen molar-refractivity contribution in [1.82, 2.24) is 15.0 Å². The number of nitrogen functional groups attached to an aromatic ring is 1. The molecule has 8 heteroatoms. The Labute approximate surface area is 130 Å². The zero-order valence-electron chi connectivity index (χ0n) is 11.8. The van der Waals surface area contributed by atoms with Gasteiger partial charge in [-0.15, -0.1) is 0 Å². The van der Waals surface area contributed by atoms with Crippen molar-refractivity contribution in [3.63, 3.8) is 0 Å². The van der Waals surface area contributed by atoms with Crippen molar-refractivity contribution >= 4 is 32.8 Å². The van der Waals surface area contributed by atoms with Gasteiger partial charge >= 0.3 is 0 Å². The molecular formula is C14H14FN5OS. The summed E-state index contributed by atoms with van der Waals surface area (Å²) in [6, 6.07) is 6.10. The zero-order valence-corrected chi connectivity index (χ0v) is 12.7. The van der Waals surface area contributed by atoms with Crippen LogP contribution < -0.4 is 11.1 Å². The second-order valence-electron chi connectivity index (χ2n) is 4.53. The van der Waals surface area contributed by atoms with Crippen LogP contribution in [0.3, 0.4) is 0 Å². The summed E-state index contributed by atoms with van der Waals surface area (Å²) in [5.41, 5.74) is 7.70. The number of nitrogens with zero attached hydrogens (tertiary/aromatic N) is 3. The van der Waals surface area contributed by atoms with E-state index in [1.165, 1.54) is 23.5 Å². The predicted octanol–water partition coefficient (Wildman–Crippen LogP) is 2.53. The summed E-state index contributed by atoms with van der Waals surface area (Å²) in [4.78, 5) is 12.8. The molecule has 0 fully saturated rings. The number of nitrogens with one attached hydrogen (secondary N) is 1. The maximum atomic E-state index is 13.1. The Morgan fingerprint density at radius 3 is 2.73 bits per heavy atom. The van der Waals surface area contributed by atoms with Crippen LogP contribution in [0.15, 0.2) is 24.3 Å². The lowest BCUT2D eigenvalue weighted by Gasteiger charge is -2.02. The molecule has 0 aliphatic rings. The van der Waals surface area contributed by atoms with Gasteiger partial charge in [0.2, 0.25) is 5.95 Å². The Hall–Kier alpha value is -2.32. The number of ether oxygens (including phenoxy) is 1. The Morgan fingerprint density at radius 2 is 2.00 bits per heavy atom. The molecule has 6 nitrogen and oxygen atoms in total. The summed E-state index contributed by atoms with van der Waals surface area (Å²) in [5.74, 6) is -0.159. The number of thiazole rings is 1. The number of anilines is 2. The molecule has 0 amide bonds. The van der Waals surface area contributed by atoms with Crippen molar-refractivity contribution in [3.8, 4) is 11.3 Å². The van der Waals surface area contributed by atoms with E-state index in [9.17, 15) is 4.39 Å². The number of methoxy groups -OCH3 is 1. The molecular weight excluding hydrogens is 305 g/mol. The highest BCUT2D eigenvalue weighted by molar-refractivity contribution is 7.22. The lowest BCUT2D eigenvalue weighted by atomic mass is 10.1. The van der Waals surface area contributed by atoms with E-state index >= 15 is 0 Å². The first-order valence-corrected chi connectivity index (χ1v) is 7.42. The third-order valence-electron chi connectivity index (χ3n) is 2.97. The minimum atomic E-state index is -0.298. The number of benzene rings is 1. The van der Waals surface area contributed by atoms with Gasteiger partial charge in [-0.25, -0.2) is 9.37 Å². The van der Waals surface area contributed by atoms with Crippen molar-refractivity contribution in [2.75, 3.05) is 31.3 Å². The maximum Gasteiger partial charge on any atom is 0.222 e. The third-order valence-corrected chi connectivity index (χ3v) is 3.98. The first-order chi connectivity index (χ1) is 10.7. The van der Waals surface area contributed by atoms with Gasteiger partial charge in [-0.3, -0.25) is 0 Å². The molecule has 3 N–H and O–H groups in total. The van der Waals surface area contributed by atoms with Crippen molar-refractivity contribution in [2.24, 2.45) is 0 Å². The molecule has 0 unspecified atom stereocenters. The van der Waals surface area contributed by atoms with E-state index in [1.807, 2.05) is 0 Å². The highest BCUT2D eigenvalue weighted by Crippen LogP contribution is 2.33. The van der Waals surface area contributed by atoms with Gasteiger partial charge in [-0.05, 0) is 24.3 Å². The Morgan fingerprint density at radius 1 is 1.23 bits per heavy atom. The zero-order chi connectivity index (χ0) is 15.5. The molecule has 1 aromatic carbocycles. The fourth-order valence-corrected chi connectivity index (χ4v) is 2.92.